The third-order valence-corrected chi connectivity index (χ3v) is 6.10. The quantitative estimate of drug-likeness (QED) is 0.687. The summed E-state index contributed by atoms with van der Waals surface area (Å²) in [6, 6.07) is 7.41. The van der Waals surface area contributed by atoms with Crippen LogP contribution in [0.5, 0.6) is 5.75 Å². The first kappa shape index (κ1) is 20.4. The van der Waals surface area contributed by atoms with Crippen molar-refractivity contribution in [2.45, 2.75) is 46.0 Å². The van der Waals surface area contributed by atoms with Crippen LogP contribution in [0.25, 0.3) is 0 Å². The van der Waals surface area contributed by atoms with Gasteiger partial charge in [-0.15, -0.1) is 11.3 Å². The number of anilines is 1. The molecule has 0 bridgehead atoms. The molecule has 0 saturated carbocycles. The van der Waals surface area contributed by atoms with Gasteiger partial charge in [-0.25, -0.2) is 4.79 Å². The SMILES string of the molecule is CCCOC(=O)c1c(NC(=O)Cc2ccc(OC)cc2)sc2c1CCC(C)C2. The zero-order valence-electron chi connectivity index (χ0n) is 16.7. The van der Waals surface area contributed by atoms with E-state index in [2.05, 4.69) is 12.2 Å². The number of amides is 1. The van der Waals surface area contributed by atoms with E-state index in [4.69, 9.17) is 9.47 Å². The predicted molar refractivity (Wildman–Crippen MR) is 111 cm³/mol. The van der Waals surface area contributed by atoms with Crippen molar-refractivity contribution in [1.29, 1.82) is 0 Å². The molecule has 0 spiro atoms. The molecule has 1 heterocycles. The fourth-order valence-corrected chi connectivity index (χ4v) is 4.84. The van der Waals surface area contributed by atoms with Gasteiger partial charge in [0.15, 0.2) is 0 Å². The number of methoxy groups -OCH3 is 1. The van der Waals surface area contributed by atoms with Crippen molar-refractivity contribution in [1.82, 2.24) is 0 Å². The van der Waals surface area contributed by atoms with E-state index in [9.17, 15) is 9.59 Å². The summed E-state index contributed by atoms with van der Waals surface area (Å²) in [6.45, 7) is 4.58. The first-order chi connectivity index (χ1) is 13.5. The molecule has 0 radical (unpaired) electrons. The van der Waals surface area contributed by atoms with E-state index in [1.807, 2.05) is 31.2 Å². The van der Waals surface area contributed by atoms with Gasteiger partial charge in [-0.2, -0.15) is 0 Å². The Hall–Kier alpha value is -2.34. The minimum atomic E-state index is -0.325. The van der Waals surface area contributed by atoms with Crippen molar-refractivity contribution >= 4 is 28.2 Å². The highest BCUT2D eigenvalue weighted by molar-refractivity contribution is 7.17. The van der Waals surface area contributed by atoms with E-state index in [1.54, 1.807) is 7.11 Å². The van der Waals surface area contributed by atoms with Crippen molar-refractivity contribution in [3.8, 4) is 5.75 Å². The normalized spacial score (nSPS) is 15.6. The average Bonchev–Trinajstić information content (AvgIpc) is 3.03. The maximum Gasteiger partial charge on any atom is 0.341 e. The number of carbonyl (C=O) groups is 2. The van der Waals surface area contributed by atoms with E-state index >= 15 is 0 Å². The molecular weight excluding hydrogens is 374 g/mol. The standard InChI is InChI=1S/C22H27NO4S/c1-4-11-27-22(25)20-17-10-5-14(2)12-18(17)28-21(20)23-19(24)13-15-6-8-16(26-3)9-7-15/h6-9,14H,4-5,10-13H2,1-3H3,(H,23,24). The lowest BCUT2D eigenvalue weighted by molar-refractivity contribution is -0.115. The van der Waals surface area contributed by atoms with Gasteiger partial charge in [0.1, 0.15) is 10.8 Å². The largest absolute Gasteiger partial charge is 0.497 e. The summed E-state index contributed by atoms with van der Waals surface area (Å²) in [5, 5.41) is 3.59. The maximum atomic E-state index is 12.7. The maximum absolute atomic E-state index is 12.7. The molecule has 0 fully saturated rings. The van der Waals surface area contributed by atoms with Crippen LogP contribution in [0, 0.1) is 5.92 Å². The second-order valence-electron chi connectivity index (χ2n) is 7.26. The lowest BCUT2D eigenvalue weighted by atomic mass is 9.88. The Morgan fingerprint density at radius 2 is 2.00 bits per heavy atom. The van der Waals surface area contributed by atoms with E-state index in [0.717, 1.165) is 42.6 Å². The number of hydrogen-bond acceptors (Lipinski definition) is 5. The Labute approximate surface area is 170 Å². The number of carbonyl (C=O) groups excluding carboxylic acids is 2. The molecule has 2 aromatic rings. The van der Waals surface area contributed by atoms with E-state index < -0.39 is 0 Å². The molecule has 1 N–H and O–H groups in total. The summed E-state index contributed by atoms with van der Waals surface area (Å²) in [5.74, 6) is 0.883. The second-order valence-corrected chi connectivity index (χ2v) is 8.37. The Bertz CT molecular complexity index is 841. The topological polar surface area (TPSA) is 64.6 Å². The predicted octanol–water partition coefficient (Wildman–Crippen LogP) is 4.63. The lowest BCUT2D eigenvalue weighted by Crippen LogP contribution is -2.18. The molecular formula is C22H27NO4S. The number of hydrogen-bond donors (Lipinski definition) is 1. The number of fused-ring (bicyclic) bond motifs is 1. The van der Waals surface area contributed by atoms with Crippen LogP contribution >= 0.6 is 11.3 Å². The van der Waals surface area contributed by atoms with Crippen LogP contribution in [0.4, 0.5) is 5.00 Å². The molecule has 1 aromatic heterocycles. The molecule has 1 aromatic carbocycles. The Balaban J connectivity index is 1.79. The minimum Gasteiger partial charge on any atom is -0.497 e. The summed E-state index contributed by atoms with van der Waals surface area (Å²) < 4.78 is 10.5. The Kier molecular flexibility index (Phi) is 6.73. The number of ether oxygens (including phenoxy) is 2. The van der Waals surface area contributed by atoms with Gasteiger partial charge < -0.3 is 14.8 Å². The number of nitrogens with one attached hydrogen (secondary N) is 1. The van der Waals surface area contributed by atoms with Gasteiger partial charge in [0.25, 0.3) is 0 Å². The van der Waals surface area contributed by atoms with Gasteiger partial charge in [-0.3, -0.25) is 4.79 Å². The van der Waals surface area contributed by atoms with Crippen molar-refractivity contribution in [2.75, 3.05) is 19.0 Å². The summed E-state index contributed by atoms with van der Waals surface area (Å²) in [6.07, 6.45) is 3.87. The van der Waals surface area contributed by atoms with Gasteiger partial charge in [0.05, 0.1) is 25.7 Å². The fourth-order valence-electron chi connectivity index (χ4n) is 3.42. The first-order valence-electron chi connectivity index (χ1n) is 9.76. The zero-order chi connectivity index (χ0) is 20.1. The molecule has 1 unspecified atom stereocenters. The summed E-state index contributed by atoms with van der Waals surface area (Å²) in [4.78, 5) is 26.5. The van der Waals surface area contributed by atoms with Crippen LogP contribution in [0.15, 0.2) is 24.3 Å². The molecule has 6 heteroatoms. The molecule has 0 saturated heterocycles. The van der Waals surface area contributed by atoms with Crippen LogP contribution in [-0.4, -0.2) is 25.6 Å². The smallest absolute Gasteiger partial charge is 0.341 e. The highest BCUT2D eigenvalue weighted by atomic mass is 32.1. The highest BCUT2D eigenvalue weighted by Gasteiger charge is 2.29. The molecule has 150 valence electrons. The summed E-state index contributed by atoms with van der Waals surface area (Å²) in [5.41, 5.74) is 2.51. The van der Waals surface area contributed by atoms with Gasteiger partial charge in [0, 0.05) is 4.88 Å². The Morgan fingerprint density at radius 3 is 2.68 bits per heavy atom. The number of rotatable bonds is 7. The van der Waals surface area contributed by atoms with Crippen molar-refractivity contribution in [3.63, 3.8) is 0 Å². The van der Waals surface area contributed by atoms with Gasteiger partial charge >= 0.3 is 5.97 Å². The number of esters is 1. The molecule has 0 aliphatic heterocycles. The molecule has 1 amide bonds. The van der Waals surface area contributed by atoms with Crippen molar-refractivity contribution < 1.29 is 19.1 Å². The van der Waals surface area contributed by atoms with Gasteiger partial charge in [-0.05, 0) is 54.9 Å². The summed E-state index contributed by atoms with van der Waals surface area (Å²) in [7, 11) is 1.61. The van der Waals surface area contributed by atoms with Crippen molar-refractivity contribution in [2.24, 2.45) is 5.92 Å². The van der Waals surface area contributed by atoms with Crippen LogP contribution in [0.1, 0.15) is 53.1 Å². The minimum absolute atomic E-state index is 0.138. The van der Waals surface area contributed by atoms with Gasteiger partial charge in [0.2, 0.25) is 5.91 Å². The Morgan fingerprint density at radius 1 is 1.25 bits per heavy atom. The molecule has 1 atom stereocenters. The van der Waals surface area contributed by atoms with E-state index in [0.29, 0.717) is 23.1 Å². The van der Waals surface area contributed by atoms with Crippen LogP contribution in [0.3, 0.4) is 0 Å². The number of thiophene rings is 1. The highest BCUT2D eigenvalue weighted by Crippen LogP contribution is 2.40. The van der Waals surface area contributed by atoms with E-state index in [-0.39, 0.29) is 18.3 Å². The molecule has 28 heavy (non-hydrogen) atoms. The van der Waals surface area contributed by atoms with Crippen molar-refractivity contribution in [3.05, 3.63) is 45.8 Å². The first-order valence-corrected chi connectivity index (χ1v) is 10.6. The monoisotopic (exact) mass is 401 g/mol. The second kappa shape index (κ2) is 9.24. The third-order valence-electron chi connectivity index (χ3n) is 4.93. The number of benzene rings is 1. The fraction of sp³-hybridized carbons (Fsp3) is 0.455. The van der Waals surface area contributed by atoms with E-state index in [1.165, 1.54) is 16.2 Å². The van der Waals surface area contributed by atoms with Crippen LogP contribution in [-0.2, 0) is 28.8 Å². The van der Waals surface area contributed by atoms with Crippen LogP contribution < -0.4 is 10.1 Å². The summed E-state index contributed by atoms with van der Waals surface area (Å²) >= 11 is 1.52. The van der Waals surface area contributed by atoms with Crippen LogP contribution in [0.2, 0.25) is 0 Å². The lowest BCUT2D eigenvalue weighted by Gasteiger charge is -2.18. The molecule has 3 rings (SSSR count). The third kappa shape index (κ3) is 4.73. The molecule has 1 aliphatic rings. The average molecular weight is 402 g/mol. The van der Waals surface area contributed by atoms with Gasteiger partial charge in [-0.1, -0.05) is 26.0 Å². The molecule has 5 nitrogen and oxygen atoms in total. The zero-order valence-corrected chi connectivity index (χ0v) is 17.5. The molecule has 1 aliphatic carbocycles.